The van der Waals surface area contributed by atoms with E-state index in [0.717, 1.165) is 44.2 Å². The van der Waals surface area contributed by atoms with Gasteiger partial charge in [0.2, 0.25) is 5.91 Å². The maximum absolute atomic E-state index is 13.3. The van der Waals surface area contributed by atoms with E-state index in [0.29, 0.717) is 18.8 Å². The van der Waals surface area contributed by atoms with Crippen LogP contribution in [-0.4, -0.2) is 63.2 Å². The SMILES string of the molecule is CC1(C)C(=O)Nc2ccccc2N1C(=O)C[NH+]1CC[NH+](CCOc2ccccc2)CC1. The molecule has 7 heteroatoms. The fourth-order valence-corrected chi connectivity index (χ4v) is 4.41. The normalized spacial score (nSPS) is 22.4. The van der Waals surface area contributed by atoms with Crippen LogP contribution in [0.5, 0.6) is 5.75 Å². The predicted molar refractivity (Wildman–Crippen MR) is 120 cm³/mol. The number of carbonyl (C=O) groups excluding carboxylic acids is 2. The molecular formula is C24H32N4O3+2. The van der Waals surface area contributed by atoms with Crippen LogP contribution in [0.1, 0.15) is 13.8 Å². The summed E-state index contributed by atoms with van der Waals surface area (Å²) in [7, 11) is 0. The molecule has 3 N–H and O–H groups in total. The lowest BCUT2D eigenvalue weighted by Gasteiger charge is -2.42. The molecule has 1 saturated heterocycles. The number of fused-ring (bicyclic) bond motifs is 1. The number of amides is 2. The first-order valence-corrected chi connectivity index (χ1v) is 11.0. The summed E-state index contributed by atoms with van der Waals surface area (Å²) in [5.74, 6) is 0.755. The van der Waals surface area contributed by atoms with Crippen LogP contribution in [0.2, 0.25) is 0 Å². The molecule has 2 heterocycles. The van der Waals surface area contributed by atoms with Crippen LogP contribution in [0.4, 0.5) is 11.4 Å². The third-order valence-electron chi connectivity index (χ3n) is 6.29. The van der Waals surface area contributed by atoms with Crippen molar-refractivity contribution >= 4 is 23.2 Å². The Hall–Kier alpha value is -2.90. The smallest absolute Gasteiger partial charge is 0.283 e. The molecule has 31 heavy (non-hydrogen) atoms. The Morgan fingerprint density at radius 1 is 1.00 bits per heavy atom. The number of piperazine rings is 1. The van der Waals surface area contributed by atoms with Crippen LogP contribution in [0.25, 0.3) is 0 Å². The second-order valence-electron chi connectivity index (χ2n) is 8.85. The third kappa shape index (κ3) is 4.73. The number of hydrogen-bond donors (Lipinski definition) is 3. The van der Waals surface area contributed by atoms with Crippen molar-refractivity contribution in [1.29, 1.82) is 0 Å². The standard InChI is InChI=1S/C24H30N4O3/c1-24(2)23(30)25-20-10-6-7-11-21(20)28(24)22(29)18-27-14-12-26(13-15-27)16-17-31-19-8-4-3-5-9-19/h3-11H,12-18H2,1-2H3,(H,25,30)/p+2. The van der Waals surface area contributed by atoms with Crippen molar-refractivity contribution in [3.05, 3.63) is 54.6 Å². The minimum atomic E-state index is -0.910. The van der Waals surface area contributed by atoms with Crippen LogP contribution in [-0.2, 0) is 9.59 Å². The van der Waals surface area contributed by atoms with E-state index in [9.17, 15) is 9.59 Å². The number of benzene rings is 2. The van der Waals surface area contributed by atoms with E-state index in [1.165, 1.54) is 9.80 Å². The highest BCUT2D eigenvalue weighted by atomic mass is 16.5. The first-order chi connectivity index (χ1) is 14.9. The predicted octanol–water partition coefficient (Wildman–Crippen LogP) is -0.387. The summed E-state index contributed by atoms with van der Waals surface area (Å²) in [5.41, 5.74) is 0.564. The van der Waals surface area contributed by atoms with Crippen molar-refractivity contribution in [3.8, 4) is 5.75 Å². The minimum Gasteiger partial charge on any atom is -0.488 e. The average molecular weight is 425 g/mol. The lowest BCUT2D eigenvalue weighted by molar-refractivity contribution is -1.01. The van der Waals surface area contributed by atoms with E-state index in [-0.39, 0.29) is 11.8 Å². The van der Waals surface area contributed by atoms with E-state index in [1.54, 1.807) is 18.7 Å². The third-order valence-corrected chi connectivity index (χ3v) is 6.29. The van der Waals surface area contributed by atoms with Gasteiger partial charge in [-0.1, -0.05) is 30.3 Å². The minimum absolute atomic E-state index is 0.00170. The Labute approximate surface area is 183 Å². The fourth-order valence-electron chi connectivity index (χ4n) is 4.41. The van der Waals surface area contributed by atoms with Gasteiger partial charge in [-0.2, -0.15) is 0 Å². The molecule has 0 aromatic heterocycles. The average Bonchev–Trinajstić information content (AvgIpc) is 2.76. The number of hydrogen-bond acceptors (Lipinski definition) is 3. The number of anilines is 2. The molecule has 0 spiro atoms. The molecule has 0 saturated carbocycles. The number of carbonyl (C=O) groups is 2. The van der Waals surface area contributed by atoms with Crippen LogP contribution < -0.4 is 24.8 Å². The molecule has 164 valence electrons. The molecule has 2 aliphatic rings. The van der Waals surface area contributed by atoms with Gasteiger partial charge >= 0.3 is 0 Å². The van der Waals surface area contributed by atoms with Gasteiger partial charge in [-0.05, 0) is 38.1 Å². The summed E-state index contributed by atoms with van der Waals surface area (Å²) in [5, 5.41) is 2.92. The summed E-state index contributed by atoms with van der Waals surface area (Å²) in [6, 6.07) is 17.4. The van der Waals surface area contributed by atoms with Crippen molar-refractivity contribution in [3.63, 3.8) is 0 Å². The molecule has 2 aromatic carbocycles. The number of nitrogens with one attached hydrogen (secondary N) is 3. The molecule has 0 aliphatic carbocycles. The Kier molecular flexibility index (Phi) is 6.25. The van der Waals surface area contributed by atoms with Gasteiger partial charge in [-0.3, -0.25) is 14.5 Å². The molecule has 2 aliphatic heterocycles. The summed E-state index contributed by atoms with van der Waals surface area (Å²) in [6.07, 6.45) is 0. The van der Waals surface area contributed by atoms with E-state index >= 15 is 0 Å². The number of ether oxygens (including phenoxy) is 1. The van der Waals surface area contributed by atoms with Gasteiger partial charge in [0.1, 0.15) is 50.6 Å². The van der Waals surface area contributed by atoms with Crippen LogP contribution in [0.3, 0.4) is 0 Å². The van der Waals surface area contributed by atoms with E-state index in [2.05, 4.69) is 5.32 Å². The van der Waals surface area contributed by atoms with Crippen LogP contribution in [0.15, 0.2) is 54.6 Å². The molecule has 2 aromatic rings. The Morgan fingerprint density at radius 2 is 1.65 bits per heavy atom. The molecule has 0 bridgehead atoms. The zero-order chi connectivity index (χ0) is 21.8. The Balaban J connectivity index is 1.30. The Bertz CT molecular complexity index is 923. The quantitative estimate of drug-likeness (QED) is 0.592. The summed E-state index contributed by atoms with van der Waals surface area (Å²) >= 11 is 0. The monoisotopic (exact) mass is 424 g/mol. The van der Waals surface area contributed by atoms with Gasteiger partial charge in [0.05, 0.1) is 11.4 Å². The molecular weight excluding hydrogens is 392 g/mol. The van der Waals surface area contributed by atoms with Crippen molar-refractivity contribution in [2.24, 2.45) is 0 Å². The Morgan fingerprint density at radius 3 is 2.39 bits per heavy atom. The molecule has 2 amide bonds. The summed E-state index contributed by atoms with van der Waals surface area (Å²) < 4.78 is 5.82. The largest absolute Gasteiger partial charge is 0.488 e. The maximum atomic E-state index is 13.3. The second kappa shape index (κ2) is 9.08. The zero-order valence-electron chi connectivity index (χ0n) is 18.3. The van der Waals surface area contributed by atoms with Gasteiger partial charge in [-0.15, -0.1) is 0 Å². The van der Waals surface area contributed by atoms with Gasteiger partial charge in [0.25, 0.3) is 5.91 Å². The molecule has 0 atom stereocenters. The molecule has 4 rings (SSSR count). The van der Waals surface area contributed by atoms with Crippen molar-refractivity contribution in [2.75, 3.05) is 56.1 Å². The number of quaternary nitrogens is 2. The second-order valence-corrected chi connectivity index (χ2v) is 8.85. The molecule has 1 fully saturated rings. The first kappa shape index (κ1) is 21.3. The highest BCUT2D eigenvalue weighted by Gasteiger charge is 2.44. The lowest BCUT2D eigenvalue weighted by atomic mass is 9.96. The van der Waals surface area contributed by atoms with E-state index in [4.69, 9.17) is 4.74 Å². The van der Waals surface area contributed by atoms with Crippen LogP contribution in [0, 0.1) is 0 Å². The number of rotatable bonds is 6. The maximum Gasteiger partial charge on any atom is 0.283 e. The van der Waals surface area contributed by atoms with Crippen LogP contribution >= 0.6 is 0 Å². The van der Waals surface area contributed by atoms with Gasteiger partial charge < -0.3 is 19.9 Å². The van der Waals surface area contributed by atoms with Crippen molar-refractivity contribution < 1.29 is 24.1 Å². The van der Waals surface area contributed by atoms with E-state index in [1.807, 2.05) is 54.6 Å². The van der Waals surface area contributed by atoms with Crippen molar-refractivity contribution in [1.82, 2.24) is 0 Å². The van der Waals surface area contributed by atoms with Gasteiger partial charge in [0, 0.05) is 0 Å². The van der Waals surface area contributed by atoms with E-state index < -0.39 is 5.54 Å². The molecule has 0 unspecified atom stereocenters. The number of nitrogens with zero attached hydrogens (tertiary/aromatic N) is 1. The highest BCUT2D eigenvalue weighted by Crippen LogP contribution is 2.36. The first-order valence-electron chi connectivity index (χ1n) is 11.0. The summed E-state index contributed by atoms with van der Waals surface area (Å²) in [6.45, 7) is 9.58. The lowest BCUT2D eigenvalue weighted by Crippen LogP contribution is -3.28. The fraction of sp³-hybridized carbons (Fsp3) is 0.417. The molecule has 7 nitrogen and oxygen atoms in total. The molecule has 0 radical (unpaired) electrons. The van der Waals surface area contributed by atoms with Crippen molar-refractivity contribution in [2.45, 2.75) is 19.4 Å². The highest BCUT2D eigenvalue weighted by molar-refractivity contribution is 6.14. The summed E-state index contributed by atoms with van der Waals surface area (Å²) in [4.78, 5) is 30.4. The topological polar surface area (TPSA) is 67.5 Å². The number of para-hydroxylation sites is 3. The zero-order valence-corrected chi connectivity index (χ0v) is 18.3. The van der Waals surface area contributed by atoms with Gasteiger partial charge in [0.15, 0.2) is 6.54 Å². The van der Waals surface area contributed by atoms with Gasteiger partial charge in [-0.25, -0.2) is 0 Å².